The van der Waals surface area contributed by atoms with Crippen LogP contribution in [0.2, 0.25) is 0 Å². The van der Waals surface area contributed by atoms with E-state index in [1.165, 1.54) is 32.9 Å². The van der Waals surface area contributed by atoms with Crippen molar-refractivity contribution in [1.29, 1.82) is 5.26 Å². The Labute approximate surface area is 355 Å². The van der Waals surface area contributed by atoms with Crippen molar-refractivity contribution >= 4 is 67.7 Å². The number of halogens is 1. The van der Waals surface area contributed by atoms with Gasteiger partial charge in [0.25, 0.3) is 0 Å². The maximum absolute atomic E-state index is 14.4. The maximum Gasteiger partial charge on any atom is 0.179 e. The zero-order valence-electron chi connectivity index (χ0n) is 33.1. The topological polar surface area (TPSA) is 41.2 Å². The summed E-state index contributed by atoms with van der Waals surface area (Å²) < 4.78 is 22.8. The van der Waals surface area contributed by atoms with E-state index in [2.05, 4.69) is 155 Å². The molecule has 0 aliphatic carbocycles. The minimum atomic E-state index is -2.87. The number of nitriles is 1. The Morgan fingerprint density at radius 3 is 1.44 bits per heavy atom. The van der Waals surface area contributed by atoms with Gasteiger partial charge >= 0.3 is 0 Å². The van der Waals surface area contributed by atoms with Crippen molar-refractivity contribution in [3.8, 4) is 23.3 Å². The molecule has 61 heavy (non-hydrogen) atoms. The number of hydrogen-bond acceptors (Lipinski definition) is 3. The second-order valence-corrected chi connectivity index (χ2v) is 18.8. The highest BCUT2D eigenvalue weighted by molar-refractivity contribution is 7.20. The standard InChI is InChI=1S/C55H38FN3OSi/c56-41-23-27-44(28-24-41)59-54-35-31-45(58(42-25-21-40(39-57)22-26-42)43-29-32-47(33-30-43)60-46-13-5-1-6-14-46)37-52(54)53-38-51(34-36-55(53)59)61(48-15-7-2-8-16-48,49-17-9-3-10-18-49)50-19-11-4-12-20-50/h1-38H. The Bertz CT molecular complexity index is 3050. The summed E-state index contributed by atoms with van der Waals surface area (Å²) in [5.74, 6) is 1.21. The first-order chi connectivity index (χ1) is 30.1. The van der Waals surface area contributed by atoms with Crippen LogP contribution in [0, 0.1) is 17.1 Å². The summed E-state index contributed by atoms with van der Waals surface area (Å²) in [6.45, 7) is 0. The zero-order valence-corrected chi connectivity index (χ0v) is 34.1. The Kier molecular flexibility index (Phi) is 9.78. The molecule has 1 aromatic heterocycles. The van der Waals surface area contributed by atoms with Gasteiger partial charge in [-0.05, 0) is 130 Å². The van der Waals surface area contributed by atoms with Gasteiger partial charge in [0.15, 0.2) is 8.07 Å². The van der Waals surface area contributed by atoms with Gasteiger partial charge in [0.1, 0.15) is 17.3 Å². The minimum Gasteiger partial charge on any atom is -0.457 e. The first kappa shape index (κ1) is 37.3. The van der Waals surface area contributed by atoms with Gasteiger partial charge in [-0.15, -0.1) is 0 Å². The van der Waals surface area contributed by atoms with Gasteiger partial charge in [-0.25, -0.2) is 4.39 Å². The molecule has 0 aliphatic rings. The lowest BCUT2D eigenvalue weighted by atomic mass is 10.1. The molecule has 0 unspecified atom stereocenters. The maximum atomic E-state index is 14.4. The molecule has 0 amide bonds. The number of para-hydroxylation sites is 1. The van der Waals surface area contributed by atoms with Crippen molar-refractivity contribution in [2.45, 2.75) is 0 Å². The van der Waals surface area contributed by atoms with E-state index in [0.29, 0.717) is 5.56 Å². The normalized spacial score (nSPS) is 11.3. The van der Waals surface area contributed by atoms with E-state index in [4.69, 9.17) is 4.74 Å². The summed E-state index contributed by atoms with van der Waals surface area (Å²) in [4.78, 5) is 2.20. The van der Waals surface area contributed by atoms with Gasteiger partial charge in [-0.2, -0.15) is 5.26 Å². The summed E-state index contributed by atoms with van der Waals surface area (Å²) in [5, 5.41) is 17.0. The Balaban J connectivity index is 1.22. The van der Waals surface area contributed by atoms with Crippen LogP contribution in [-0.2, 0) is 0 Å². The molecule has 6 heteroatoms. The highest BCUT2D eigenvalue weighted by atomic mass is 28.3. The summed E-state index contributed by atoms with van der Waals surface area (Å²) in [6.07, 6.45) is 0. The average Bonchev–Trinajstić information content (AvgIpc) is 3.65. The monoisotopic (exact) mass is 803 g/mol. The number of fused-ring (bicyclic) bond motifs is 3. The van der Waals surface area contributed by atoms with Crippen LogP contribution in [0.1, 0.15) is 5.56 Å². The molecule has 0 fully saturated rings. The van der Waals surface area contributed by atoms with Gasteiger partial charge in [0, 0.05) is 33.5 Å². The highest BCUT2D eigenvalue weighted by Gasteiger charge is 2.41. The van der Waals surface area contributed by atoms with Crippen molar-refractivity contribution in [2.24, 2.45) is 0 Å². The van der Waals surface area contributed by atoms with E-state index in [0.717, 1.165) is 56.1 Å². The minimum absolute atomic E-state index is 0.281. The lowest BCUT2D eigenvalue weighted by molar-refractivity contribution is 0.483. The molecule has 10 rings (SSSR count). The first-order valence-corrected chi connectivity index (χ1v) is 22.2. The summed E-state index contributed by atoms with van der Waals surface area (Å²) in [6, 6.07) is 80.8. The summed E-state index contributed by atoms with van der Waals surface area (Å²) in [7, 11) is -2.87. The summed E-state index contributed by atoms with van der Waals surface area (Å²) in [5.41, 5.74) is 6.25. The molecule has 290 valence electrons. The van der Waals surface area contributed by atoms with E-state index in [1.54, 1.807) is 0 Å². The first-order valence-electron chi connectivity index (χ1n) is 20.2. The summed E-state index contributed by atoms with van der Waals surface area (Å²) >= 11 is 0. The van der Waals surface area contributed by atoms with Crippen molar-refractivity contribution in [2.75, 3.05) is 4.90 Å². The van der Waals surface area contributed by atoms with Crippen molar-refractivity contribution in [1.82, 2.24) is 4.57 Å². The van der Waals surface area contributed by atoms with Gasteiger partial charge < -0.3 is 14.2 Å². The van der Waals surface area contributed by atoms with Crippen molar-refractivity contribution in [3.05, 3.63) is 242 Å². The Hall–Kier alpha value is -7.98. The fraction of sp³-hybridized carbons (Fsp3) is 0. The smallest absolute Gasteiger partial charge is 0.179 e. The largest absolute Gasteiger partial charge is 0.457 e. The second-order valence-electron chi connectivity index (χ2n) is 15.0. The van der Waals surface area contributed by atoms with Crippen LogP contribution >= 0.6 is 0 Å². The second kappa shape index (κ2) is 16.0. The van der Waals surface area contributed by atoms with E-state index in [1.807, 2.05) is 78.9 Å². The van der Waals surface area contributed by atoms with Crippen LogP contribution in [0.5, 0.6) is 11.5 Å². The van der Waals surface area contributed by atoms with Crippen molar-refractivity contribution in [3.63, 3.8) is 0 Å². The molecule has 9 aromatic carbocycles. The third-order valence-electron chi connectivity index (χ3n) is 11.5. The van der Waals surface area contributed by atoms with E-state index < -0.39 is 8.07 Å². The fourth-order valence-electron chi connectivity index (χ4n) is 8.74. The van der Waals surface area contributed by atoms with Gasteiger partial charge in [-0.1, -0.05) is 121 Å². The molecule has 0 bridgehead atoms. The molecule has 10 aromatic rings. The third-order valence-corrected chi connectivity index (χ3v) is 16.2. The number of anilines is 3. The fourth-order valence-corrected chi connectivity index (χ4v) is 13.5. The Morgan fingerprint density at radius 2 is 0.902 bits per heavy atom. The lowest BCUT2D eigenvalue weighted by Crippen LogP contribution is -2.74. The van der Waals surface area contributed by atoms with Crippen LogP contribution in [-0.4, -0.2) is 12.6 Å². The van der Waals surface area contributed by atoms with Crippen LogP contribution in [0.4, 0.5) is 21.5 Å². The highest BCUT2D eigenvalue weighted by Crippen LogP contribution is 2.40. The molecule has 0 aliphatic heterocycles. The Morgan fingerprint density at radius 1 is 0.443 bits per heavy atom. The molecule has 0 saturated heterocycles. The SMILES string of the molecule is N#Cc1ccc(N(c2ccc(Oc3ccccc3)cc2)c2ccc3c(c2)c2cc([Si](c4ccccc4)(c4ccccc4)c4ccccc4)ccc2n3-c2ccc(F)cc2)cc1. The van der Waals surface area contributed by atoms with Gasteiger partial charge in [0.2, 0.25) is 0 Å². The number of ether oxygens (including phenoxy) is 1. The van der Waals surface area contributed by atoms with Crippen molar-refractivity contribution < 1.29 is 9.13 Å². The predicted octanol–water partition coefficient (Wildman–Crippen LogP) is 11.4. The molecule has 0 N–H and O–H groups in total. The van der Waals surface area contributed by atoms with Gasteiger partial charge in [-0.3, -0.25) is 0 Å². The molecule has 0 saturated carbocycles. The molecule has 0 spiro atoms. The number of benzene rings is 9. The van der Waals surface area contributed by atoms with Crippen LogP contribution in [0.15, 0.2) is 231 Å². The zero-order chi connectivity index (χ0) is 41.2. The molecular formula is C55H38FN3OSi. The number of nitrogens with zero attached hydrogens (tertiary/aromatic N) is 3. The predicted molar refractivity (Wildman–Crippen MR) is 250 cm³/mol. The quantitative estimate of drug-likeness (QED) is 0.102. The molecule has 0 radical (unpaired) electrons. The molecular weight excluding hydrogens is 766 g/mol. The van der Waals surface area contributed by atoms with Crippen LogP contribution < -0.4 is 30.4 Å². The molecule has 0 atom stereocenters. The number of hydrogen-bond donors (Lipinski definition) is 0. The number of rotatable bonds is 10. The molecule has 4 nitrogen and oxygen atoms in total. The van der Waals surface area contributed by atoms with E-state index in [-0.39, 0.29) is 5.82 Å². The number of aromatic nitrogens is 1. The van der Waals surface area contributed by atoms with Crippen LogP contribution in [0.25, 0.3) is 27.5 Å². The van der Waals surface area contributed by atoms with E-state index >= 15 is 0 Å². The van der Waals surface area contributed by atoms with E-state index in [9.17, 15) is 9.65 Å². The third kappa shape index (κ3) is 6.83. The van der Waals surface area contributed by atoms with Gasteiger partial charge in [0.05, 0.1) is 22.7 Å². The average molecular weight is 804 g/mol. The van der Waals surface area contributed by atoms with Crippen LogP contribution in [0.3, 0.4) is 0 Å². The lowest BCUT2D eigenvalue weighted by Gasteiger charge is -2.34. The molecule has 1 heterocycles.